The highest BCUT2D eigenvalue weighted by atomic mass is 16.3. The molecule has 1 aromatic carbocycles. The molecule has 0 radical (unpaired) electrons. The van der Waals surface area contributed by atoms with Gasteiger partial charge >= 0.3 is 0 Å². The summed E-state index contributed by atoms with van der Waals surface area (Å²) in [6.07, 6.45) is 3.94. The summed E-state index contributed by atoms with van der Waals surface area (Å²) in [7, 11) is 2.00. The van der Waals surface area contributed by atoms with Crippen molar-refractivity contribution in [3.05, 3.63) is 29.8 Å². The molecule has 0 bridgehead atoms. The summed E-state index contributed by atoms with van der Waals surface area (Å²) < 4.78 is 0. The number of aliphatic hydroxyl groups is 1. The lowest BCUT2D eigenvalue weighted by Gasteiger charge is -2.36. The third kappa shape index (κ3) is 2.59. The molecule has 0 aromatic heterocycles. The molecule has 1 aromatic rings. The molecule has 90 valence electrons. The number of anilines is 1. The van der Waals surface area contributed by atoms with Crippen molar-refractivity contribution in [1.82, 2.24) is 0 Å². The Morgan fingerprint density at radius 1 is 1.35 bits per heavy atom. The van der Waals surface area contributed by atoms with Crippen molar-refractivity contribution in [1.29, 1.82) is 5.26 Å². The molecule has 2 rings (SSSR count). The van der Waals surface area contributed by atoms with Crippen LogP contribution in [-0.2, 0) is 0 Å². The van der Waals surface area contributed by atoms with Gasteiger partial charge in [-0.1, -0.05) is 18.9 Å². The molecule has 0 amide bonds. The van der Waals surface area contributed by atoms with Crippen LogP contribution in [0.4, 0.5) is 5.69 Å². The van der Waals surface area contributed by atoms with Crippen molar-refractivity contribution in [2.75, 3.05) is 11.9 Å². The van der Waals surface area contributed by atoms with Crippen LogP contribution in [0.1, 0.15) is 31.2 Å². The average Bonchev–Trinajstić information content (AvgIpc) is 2.38. The van der Waals surface area contributed by atoms with Crippen molar-refractivity contribution < 1.29 is 5.11 Å². The van der Waals surface area contributed by atoms with Gasteiger partial charge < -0.3 is 10.0 Å². The lowest BCUT2D eigenvalue weighted by atomic mass is 9.91. The number of nitriles is 1. The third-order valence-corrected chi connectivity index (χ3v) is 3.57. The number of aliphatic hydroxyl groups excluding tert-OH is 1. The first kappa shape index (κ1) is 11.9. The number of hydrogen-bond acceptors (Lipinski definition) is 3. The fourth-order valence-electron chi connectivity index (χ4n) is 2.53. The van der Waals surface area contributed by atoms with Gasteiger partial charge in [-0.3, -0.25) is 0 Å². The molecular formula is C14H18N2O. The number of hydrogen-bond donors (Lipinski definition) is 1. The normalized spacial score (nSPS) is 24.1. The van der Waals surface area contributed by atoms with E-state index >= 15 is 0 Å². The second kappa shape index (κ2) is 5.20. The third-order valence-electron chi connectivity index (χ3n) is 3.57. The molecule has 17 heavy (non-hydrogen) atoms. The average molecular weight is 230 g/mol. The van der Waals surface area contributed by atoms with Gasteiger partial charge in [0.2, 0.25) is 0 Å². The van der Waals surface area contributed by atoms with Crippen LogP contribution in [0.25, 0.3) is 0 Å². The van der Waals surface area contributed by atoms with Gasteiger partial charge in [-0.15, -0.1) is 0 Å². The van der Waals surface area contributed by atoms with Crippen molar-refractivity contribution in [3.8, 4) is 6.07 Å². The molecule has 2 atom stereocenters. The second-order valence-electron chi connectivity index (χ2n) is 4.69. The van der Waals surface area contributed by atoms with Crippen LogP contribution in [0.3, 0.4) is 0 Å². The van der Waals surface area contributed by atoms with Crippen LogP contribution in [0.15, 0.2) is 24.3 Å². The molecule has 1 aliphatic carbocycles. The van der Waals surface area contributed by atoms with Gasteiger partial charge in [-0.25, -0.2) is 0 Å². The van der Waals surface area contributed by atoms with Crippen molar-refractivity contribution in [2.45, 2.75) is 37.8 Å². The van der Waals surface area contributed by atoms with Crippen LogP contribution in [0.5, 0.6) is 0 Å². The number of rotatable bonds is 2. The minimum Gasteiger partial charge on any atom is -0.391 e. The molecule has 0 saturated heterocycles. The highest BCUT2D eigenvalue weighted by molar-refractivity contribution is 5.51. The molecule has 1 saturated carbocycles. The highest BCUT2D eigenvalue weighted by Crippen LogP contribution is 2.26. The Morgan fingerprint density at radius 2 is 2.12 bits per heavy atom. The first-order valence-electron chi connectivity index (χ1n) is 6.13. The van der Waals surface area contributed by atoms with E-state index in [-0.39, 0.29) is 12.1 Å². The largest absolute Gasteiger partial charge is 0.391 e. The van der Waals surface area contributed by atoms with E-state index in [1.54, 1.807) is 6.07 Å². The Labute approximate surface area is 102 Å². The Hall–Kier alpha value is -1.53. The predicted octanol–water partition coefficient (Wildman–Crippen LogP) is 2.30. The summed E-state index contributed by atoms with van der Waals surface area (Å²) in [6.45, 7) is 0. The Bertz CT molecular complexity index is 424. The van der Waals surface area contributed by atoms with Gasteiger partial charge in [0, 0.05) is 12.7 Å². The quantitative estimate of drug-likeness (QED) is 0.848. The van der Waals surface area contributed by atoms with Gasteiger partial charge in [0.1, 0.15) is 0 Å². The number of likely N-dealkylation sites (N-methyl/N-ethyl adjacent to an activating group) is 1. The molecule has 3 nitrogen and oxygen atoms in total. The standard InChI is InChI=1S/C14H18N2O/c1-16(13-7-2-3-8-14(13)17)12-6-4-5-11(9-12)10-15/h4-6,9,13-14,17H,2-3,7-8H2,1H3. The molecular weight excluding hydrogens is 212 g/mol. The molecule has 3 heteroatoms. The maximum absolute atomic E-state index is 10.0. The van der Waals surface area contributed by atoms with Crippen LogP contribution in [0.2, 0.25) is 0 Å². The second-order valence-corrected chi connectivity index (χ2v) is 4.69. The monoisotopic (exact) mass is 230 g/mol. The van der Waals surface area contributed by atoms with E-state index in [1.165, 1.54) is 6.42 Å². The van der Waals surface area contributed by atoms with Gasteiger partial charge in [0.25, 0.3) is 0 Å². The van der Waals surface area contributed by atoms with E-state index < -0.39 is 0 Å². The molecule has 0 heterocycles. The molecule has 1 N–H and O–H groups in total. The van der Waals surface area contributed by atoms with E-state index in [2.05, 4.69) is 11.0 Å². The SMILES string of the molecule is CN(c1cccc(C#N)c1)C1CCCCC1O. The van der Waals surface area contributed by atoms with E-state index in [0.29, 0.717) is 5.56 Å². The summed E-state index contributed by atoms with van der Waals surface area (Å²) in [5, 5.41) is 18.9. The fraction of sp³-hybridized carbons (Fsp3) is 0.500. The lowest BCUT2D eigenvalue weighted by molar-refractivity contribution is 0.106. The van der Waals surface area contributed by atoms with Gasteiger partial charge in [-0.2, -0.15) is 5.26 Å². The topological polar surface area (TPSA) is 47.3 Å². The first-order chi connectivity index (χ1) is 8.22. The first-order valence-corrected chi connectivity index (χ1v) is 6.13. The fourth-order valence-corrected chi connectivity index (χ4v) is 2.53. The summed E-state index contributed by atoms with van der Waals surface area (Å²) in [5.41, 5.74) is 1.68. The molecule has 0 spiro atoms. The van der Waals surface area contributed by atoms with Crippen molar-refractivity contribution >= 4 is 5.69 Å². The summed E-state index contributed by atoms with van der Waals surface area (Å²) in [4.78, 5) is 2.10. The molecule has 0 aliphatic heterocycles. The zero-order chi connectivity index (χ0) is 12.3. The lowest BCUT2D eigenvalue weighted by Crippen LogP contribution is -2.43. The van der Waals surface area contributed by atoms with Gasteiger partial charge in [0.15, 0.2) is 0 Å². The minimum absolute atomic E-state index is 0.178. The van der Waals surface area contributed by atoms with E-state index in [0.717, 1.165) is 24.9 Å². The predicted molar refractivity (Wildman–Crippen MR) is 67.8 cm³/mol. The Kier molecular flexibility index (Phi) is 3.65. The maximum atomic E-state index is 10.0. The number of nitrogens with zero attached hydrogens (tertiary/aromatic N) is 2. The van der Waals surface area contributed by atoms with Gasteiger partial charge in [0.05, 0.1) is 23.8 Å². The smallest absolute Gasteiger partial charge is 0.0992 e. The summed E-state index contributed by atoms with van der Waals surface area (Å²) >= 11 is 0. The van der Waals surface area contributed by atoms with Crippen LogP contribution in [-0.4, -0.2) is 24.3 Å². The van der Waals surface area contributed by atoms with Crippen molar-refractivity contribution in [2.24, 2.45) is 0 Å². The Morgan fingerprint density at radius 3 is 2.82 bits per heavy atom. The van der Waals surface area contributed by atoms with Crippen molar-refractivity contribution in [3.63, 3.8) is 0 Å². The van der Waals surface area contributed by atoms with Crippen LogP contribution in [0, 0.1) is 11.3 Å². The van der Waals surface area contributed by atoms with Gasteiger partial charge in [-0.05, 0) is 31.0 Å². The van der Waals surface area contributed by atoms with Crippen LogP contribution < -0.4 is 4.90 Å². The highest BCUT2D eigenvalue weighted by Gasteiger charge is 2.26. The van der Waals surface area contributed by atoms with E-state index in [1.807, 2.05) is 25.2 Å². The van der Waals surface area contributed by atoms with E-state index in [4.69, 9.17) is 5.26 Å². The minimum atomic E-state index is -0.250. The summed E-state index contributed by atoms with van der Waals surface area (Å²) in [6, 6.07) is 9.88. The molecule has 1 aliphatic rings. The zero-order valence-electron chi connectivity index (χ0n) is 10.1. The maximum Gasteiger partial charge on any atom is 0.0992 e. The zero-order valence-corrected chi connectivity index (χ0v) is 10.1. The molecule has 2 unspecified atom stereocenters. The Balaban J connectivity index is 2.18. The van der Waals surface area contributed by atoms with Crippen LogP contribution >= 0.6 is 0 Å². The molecule has 1 fully saturated rings. The summed E-state index contributed by atoms with van der Waals surface area (Å²) in [5.74, 6) is 0. The van der Waals surface area contributed by atoms with E-state index in [9.17, 15) is 5.11 Å². The number of benzene rings is 1.